The van der Waals surface area contributed by atoms with Crippen molar-refractivity contribution in [2.45, 2.75) is 57.3 Å². The molecule has 3 unspecified atom stereocenters. The Morgan fingerprint density at radius 1 is 1.14 bits per heavy atom. The standard InChI is InChI=1S/C27H25Cl2N3O2S/c1-14-5-8-21-23(9-14)35-27(30-21)32-12-16-10-17(32)11-22(16)33-13-18-25(31-34-26(18)15-6-7-15)24-19(28)3-2-4-20(24)29/h2-5,8-9,15-17,22H,6-7,10-13H2,1H3. The van der Waals surface area contributed by atoms with Gasteiger partial charge in [0.2, 0.25) is 0 Å². The van der Waals surface area contributed by atoms with Gasteiger partial charge in [-0.3, -0.25) is 0 Å². The average molecular weight is 526 g/mol. The van der Waals surface area contributed by atoms with E-state index in [4.69, 9.17) is 37.4 Å². The number of halogens is 2. The van der Waals surface area contributed by atoms with Gasteiger partial charge in [0.1, 0.15) is 11.5 Å². The van der Waals surface area contributed by atoms with Gasteiger partial charge in [-0.25, -0.2) is 4.98 Å². The van der Waals surface area contributed by atoms with Crippen LogP contribution in [0.5, 0.6) is 0 Å². The Balaban J connectivity index is 1.09. The van der Waals surface area contributed by atoms with E-state index in [1.54, 1.807) is 11.3 Å². The molecule has 2 saturated carbocycles. The molecule has 2 bridgehead atoms. The number of thiazole rings is 1. The topological polar surface area (TPSA) is 51.4 Å². The van der Waals surface area contributed by atoms with Gasteiger partial charge in [-0.2, -0.15) is 0 Å². The molecular weight excluding hydrogens is 501 g/mol. The van der Waals surface area contributed by atoms with Crippen LogP contribution in [0.1, 0.15) is 48.5 Å². The molecule has 0 radical (unpaired) electrons. The second kappa shape index (κ2) is 8.48. The monoisotopic (exact) mass is 525 g/mol. The fraction of sp³-hybridized carbons (Fsp3) is 0.407. The Kier molecular flexibility index (Phi) is 5.35. The number of piperidine rings is 1. The van der Waals surface area contributed by atoms with E-state index in [0.717, 1.165) is 65.5 Å². The first-order chi connectivity index (χ1) is 17.0. The third-order valence-corrected chi connectivity index (χ3v) is 9.35. The molecule has 3 heterocycles. The number of benzene rings is 2. The van der Waals surface area contributed by atoms with Crippen molar-refractivity contribution in [3.8, 4) is 11.3 Å². The van der Waals surface area contributed by atoms with E-state index < -0.39 is 0 Å². The lowest BCUT2D eigenvalue weighted by molar-refractivity contribution is 0.0123. The van der Waals surface area contributed by atoms with E-state index in [1.807, 2.05) is 18.2 Å². The zero-order chi connectivity index (χ0) is 23.7. The third-order valence-electron chi connectivity index (χ3n) is 7.66. The molecule has 1 saturated heterocycles. The highest BCUT2D eigenvalue weighted by atomic mass is 35.5. The summed E-state index contributed by atoms with van der Waals surface area (Å²) in [5.41, 5.74) is 4.83. The van der Waals surface area contributed by atoms with Crippen molar-refractivity contribution >= 4 is 49.9 Å². The number of nitrogens with zero attached hydrogens (tertiary/aromatic N) is 3. The second-order valence-electron chi connectivity index (χ2n) is 10.1. The first-order valence-electron chi connectivity index (χ1n) is 12.2. The Morgan fingerprint density at radius 3 is 2.71 bits per heavy atom. The van der Waals surface area contributed by atoms with Crippen molar-refractivity contribution in [1.82, 2.24) is 10.1 Å². The lowest BCUT2D eigenvalue weighted by Crippen LogP contribution is -2.38. The van der Waals surface area contributed by atoms with Crippen LogP contribution in [0.3, 0.4) is 0 Å². The third kappa shape index (κ3) is 3.86. The molecule has 35 heavy (non-hydrogen) atoms. The summed E-state index contributed by atoms with van der Waals surface area (Å²) in [5, 5.41) is 6.70. The van der Waals surface area contributed by atoms with E-state index in [-0.39, 0.29) is 6.10 Å². The van der Waals surface area contributed by atoms with Crippen LogP contribution in [-0.2, 0) is 11.3 Å². The molecule has 2 aliphatic carbocycles. The lowest BCUT2D eigenvalue weighted by Gasteiger charge is -2.31. The van der Waals surface area contributed by atoms with E-state index in [9.17, 15) is 0 Å². The number of fused-ring (bicyclic) bond motifs is 3. The molecule has 2 aromatic carbocycles. The molecule has 3 aliphatic rings. The Morgan fingerprint density at radius 2 is 1.97 bits per heavy atom. The number of rotatable bonds is 6. The number of aryl methyl sites for hydroxylation is 1. The molecule has 3 fully saturated rings. The second-order valence-corrected chi connectivity index (χ2v) is 11.9. The van der Waals surface area contributed by atoms with Gasteiger partial charge < -0.3 is 14.2 Å². The van der Waals surface area contributed by atoms with Crippen LogP contribution in [-0.4, -0.2) is 28.8 Å². The van der Waals surface area contributed by atoms with Crippen LogP contribution < -0.4 is 4.90 Å². The lowest BCUT2D eigenvalue weighted by atomic mass is 10.0. The van der Waals surface area contributed by atoms with Gasteiger partial charge >= 0.3 is 0 Å². The summed E-state index contributed by atoms with van der Waals surface area (Å²) in [6.45, 7) is 3.60. The fourth-order valence-corrected chi connectivity index (χ4v) is 7.45. The van der Waals surface area contributed by atoms with Crippen molar-refractivity contribution in [2.24, 2.45) is 5.92 Å². The van der Waals surface area contributed by atoms with Gasteiger partial charge in [0.05, 0.1) is 33.0 Å². The van der Waals surface area contributed by atoms with Crippen LogP contribution in [0.25, 0.3) is 21.5 Å². The number of aromatic nitrogens is 2. The van der Waals surface area contributed by atoms with Gasteiger partial charge in [0.25, 0.3) is 0 Å². The largest absolute Gasteiger partial charge is 0.373 e. The molecule has 7 rings (SSSR count). The van der Waals surface area contributed by atoms with E-state index in [2.05, 4.69) is 35.2 Å². The minimum atomic E-state index is 0.226. The quantitative estimate of drug-likeness (QED) is 0.259. The molecule has 180 valence electrons. The maximum atomic E-state index is 6.57. The predicted molar refractivity (Wildman–Crippen MR) is 141 cm³/mol. The maximum absolute atomic E-state index is 6.57. The van der Waals surface area contributed by atoms with Crippen molar-refractivity contribution in [2.75, 3.05) is 11.4 Å². The van der Waals surface area contributed by atoms with Crippen molar-refractivity contribution in [1.29, 1.82) is 0 Å². The summed E-state index contributed by atoms with van der Waals surface area (Å²) >= 11 is 14.8. The van der Waals surface area contributed by atoms with Crippen LogP contribution >= 0.6 is 34.5 Å². The SMILES string of the molecule is Cc1ccc2nc(N3CC4CC3CC4OCc3c(-c4c(Cl)cccc4Cl)noc3C3CC3)sc2c1. The highest BCUT2D eigenvalue weighted by molar-refractivity contribution is 7.22. The molecule has 3 atom stereocenters. The first kappa shape index (κ1) is 22.1. The molecule has 0 N–H and O–H groups in total. The first-order valence-corrected chi connectivity index (χ1v) is 13.8. The normalized spacial score (nSPS) is 23.6. The van der Waals surface area contributed by atoms with E-state index in [1.165, 1.54) is 10.3 Å². The summed E-state index contributed by atoms with van der Waals surface area (Å²) in [7, 11) is 0. The summed E-state index contributed by atoms with van der Waals surface area (Å²) in [6.07, 6.45) is 4.66. The molecule has 4 aromatic rings. The highest BCUT2D eigenvalue weighted by Crippen LogP contribution is 2.48. The Bertz CT molecular complexity index is 1410. The Labute approximate surface area is 218 Å². The van der Waals surface area contributed by atoms with Crippen molar-refractivity contribution in [3.05, 3.63) is 63.3 Å². The highest BCUT2D eigenvalue weighted by Gasteiger charge is 2.46. The van der Waals surface area contributed by atoms with Crippen LogP contribution in [0, 0.1) is 12.8 Å². The fourth-order valence-electron chi connectivity index (χ4n) is 5.73. The molecule has 2 aromatic heterocycles. The number of hydrogen-bond acceptors (Lipinski definition) is 6. The number of hydrogen-bond donors (Lipinski definition) is 0. The molecule has 8 heteroatoms. The van der Waals surface area contributed by atoms with Gasteiger partial charge in [-0.15, -0.1) is 0 Å². The minimum absolute atomic E-state index is 0.226. The number of anilines is 1. The maximum Gasteiger partial charge on any atom is 0.186 e. The van der Waals surface area contributed by atoms with Crippen LogP contribution in [0.2, 0.25) is 10.0 Å². The van der Waals surface area contributed by atoms with Gasteiger partial charge in [0, 0.05) is 35.5 Å². The van der Waals surface area contributed by atoms with Gasteiger partial charge in [0.15, 0.2) is 5.13 Å². The molecule has 0 amide bonds. The summed E-state index contributed by atoms with van der Waals surface area (Å²) in [4.78, 5) is 7.42. The van der Waals surface area contributed by atoms with E-state index in [0.29, 0.717) is 34.5 Å². The number of ether oxygens (including phenoxy) is 1. The predicted octanol–water partition coefficient (Wildman–Crippen LogP) is 7.63. The zero-order valence-electron chi connectivity index (χ0n) is 19.3. The van der Waals surface area contributed by atoms with Crippen molar-refractivity contribution in [3.63, 3.8) is 0 Å². The molecule has 0 spiro atoms. The van der Waals surface area contributed by atoms with Crippen LogP contribution in [0.15, 0.2) is 40.9 Å². The Hall–Kier alpha value is -2.12. The average Bonchev–Trinajstić information content (AvgIpc) is 3.17. The zero-order valence-corrected chi connectivity index (χ0v) is 21.7. The summed E-state index contributed by atoms with van der Waals surface area (Å²) < 4.78 is 13.6. The van der Waals surface area contributed by atoms with Gasteiger partial charge in [-0.05, 0) is 62.4 Å². The van der Waals surface area contributed by atoms with Crippen LogP contribution in [0.4, 0.5) is 5.13 Å². The molecule has 5 nitrogen and oxygen atoms in total. The molecule has 1 aliphatic heterocycles. The molecular formula is C27H25Cl2N3O2S. The van der Waals surface area contributed by atoms with E-state index >= 15 is 0 Å². The summed E-state index contributed by atoms with van der Waals surface area (Å²) in [5.74, 6) is 1.87. The minimum Gasteiger partial charge on any atom is -0.373 e. The van der Waals surface area contributed by atoms with Crippen molar-refractivity contribution < 1.29 is 9.26 Å². The smallest absolute Gasteiger partial charge is 0.186 e. The van der Waals surface area contributed by atoms with Gasteiger partial charge in [-0.1, -0.05) is 51.8 Å². The summed E-state index contributed by atoms with van der Waals surface area (Å²) in [6, 6.07) is 12.5.